The normalized spacial score (nSPS) is 16.4. The number of amides is 2. The van der Waals surface area contributed by atoms with Crippen molar-refractivity contribution in [3.05, 3.63) is 59.9 Å². The van der Waals surface area contributed by atoms with Gasteiger partial charge in [0.25, 0.3) is 0 Å². The van der Waals surface area contributed by atoms with Crippen LogP contribution in [0.3, 0.4) is 0 Å². The van der Waals surface area contributed by atoms with Crippen molar-refractivity contribution in [3.63, 3.8) is 0 Å². The monoisotopic (exact) mass is 312 g/mol. The van der Waals surface area contributed by atoms with Crippen LogP contribution in [0, 0.1) is 11.7 Å². The number of nitrogens with one attached hydrogen (secondary N) is 2. The van der Waals surface area contributed by atoms with E-state index in [1.54, 1.807) is 0 Å². The molecule has 2 aromatic rings. The molecule has 1 aliphatic rings. The van der Waals surface area contributed by atoms with Crippen molar-refractivity contribution in [1.29, 1.82) is 0 Å². The molecule has 1 aliphatic heterocycles. The van der Waals surface area contributed by atoms with E-state index in [9.17, 15) is 14.0 Å². The Morgan fingerprint density at radius 1 is 1.17 bits per heavy atom. The molecule has 23 heavy (non-hydrogen) atoms. The van der Waals surface area contributed by atoms with E-state index < -0.39 is 0 Å². The van der Waals surface area contributed by atoms with Crippen molar-refractivity contribution in [2.24, 2.45) is 5.92 Å². The maximum absolute atomic E-state index is 12.8. The summed E-state index contributed by atoms with van der Waals surface area (Å²) in [5.74, 6) is -0.772. The van der Waals surface area contributed by atoms with Crippen molar-refractivity contribution >= 4 is 23.2 Å². The third-order valence-corrected chi connectivity index (χ3v) is 3.96. The molecule has 2 N–H and O–H groups in total. The lowest BCUT2D eigenvalue weighted by Gasteiger charge is -2.24. The molecule has 2 aromatic carbocycles. The van der Waals surface area contributed by atoms with Gasteiger partial charge in [-0.05, 0) is 48.7 Å². The number of hydrogen-bond acceptors (Lipinski definition) is 2. The van der Waals surface area contributed by atoms with Crippen molar-refractivity contribution < 1.29 is 14.0 Å². The predicted molar refractivity (Wildman–Crippen MR) is 86.5 cm³/mol. The summed E-state index contributed by atoms with van der Waals surface area (Å²) in [6.45, 7) is 0. The number of anilines is 2. The molecule has 118 valence electrons. The average molecular weight is 312 g/mol. The van der Waals surface area contributed by atoms with Crippen LogP contribution in [0.25, 0.3) is 0 Å². The summed E-state index contributed by atoms with van der Waals surface area (Å²) in [4.78, 5) is 24.0. The summed E-state index contributed by atoms with van der Waals surface area (Å²) in [6, 6.07) is 13.3. The minimum atomic E-state index is -0.347. The first-order valence-electron chi connectivity index (χ1n) is 7.56. The van der Waals surface area contributed by atoms with E-state index in [0.717, 1.165) is 11.3 Å². The molecule has 0 saturated heterocycles. The summed E-state index contributed by atoms with van der Waals surface area (Å²) >= 11 is 0. The molecule has 0 fully saturated rings. The Morgan fingerprint density at radius 3 is 2.70 bits per heavy atom. The number of rotatable bonds is 4. The number of para-hydroxylation sites is 1. The van der Waals surface area contributed by atoms with Crippen LogP contribution in [0.15, 0.2) is 48.5 Å². The number of hydrogen-bond donors (Lipinski definition) is 2. The molecule has 2 amide bonds. The lowest BCUT2D eigenvalue weighted by molar-refractivity contribution is -0.121. The Hall–Kier alpha value is -2.69. The highest BCUT2D eigenvalue weighted by molar-refractivity contribution is 5.96. The van der Waals surface area contributed by atoms with Gasteiger partial charge in [0.15, 0.2) is 0 Å². The van der Waals surface area contributed by atoms with Gasteiger partial charge in [-0.3, -0.25) is 9.59 Å². The average Bonchev–Trinajstić information content (AvgIpc) is 2.55. The SMILES string of the molecule is O=C(CCC1Cc2ccccc2NC1=O)Nc1ccc(F)cc1. The Bertz CT molecular complexity index is 728. The summed E-state index contributed by atoms with van der Waals surface area (Å²) in [6.07, 6.45) is 1.37. The standard InChI is InChI=1S/C18H17FN2O2/c19-14-6-8-15(9-7-14)20-17(22)10-5-13-11-12-3-1-2-4-16(12)21-18(13)23/h1-4,6-9,13H,5,10-11H2,(H,20,22)(H,21,23). The van der Waals surface area contributed by atoms with E-state index in [2.05, 4.69) is 10.6 Å². The second-order valence-corrected chi connectivity index (χ2v) is 5.64. The third-order valence-electron chi connectivity index (χ3n) is 3.96. The molecule has 0 radical (unpaired) electrons. The molecule has 0 aromatic heterocycles. The lowest BCUT2D eigenvalue weighted by Crippen LogP contribution is -2.30. The predicted octanol–water partition coefficient (Wildman–Crippen LogP) is 3.36. The van der Waals surface area contributed by atoms with Crippen LogP contribution in [-0.4, -0.2) is 11.8 Å². The summed E-state index contributed by atoms with van der Waals surface area (Å²) in [7, 11) is 0. The van der Waals surface area contributed by atoms with Crippen LogP contribution in [0.5, 0.6) is 0 Å². The Labute approximate surface area is 133 Å². The highest BCUT2D eigenvalue weighted by Crippen LogP contribution is 2.27. The van der Waals surface area contributed by atoms with Crippen LogP contribution in [0.2, 0.25) is 0 Å². The smallest absolute Gasteiger partial charge is 0.227 e. The van der Waals surface area contributed by atoms with Gasteiger partial charge in [-0.2, -0.15) is 0 Å². The molecule has 5 heteroatoms. The zero-order chi connectivity index (χ0) is 16.2. The molecule has 0 spiro atoms. The molecular formula is C18H17FN2O2. The lowest BCUT2D eigenvalue weighted by atomic mass is 9.89. The molecule has 3 rings (SSSR count). The third kappa shape index (κ3) is 3.74. The van der Waals surface area contributed by atoms with E-state index in [-0.39, 0.29) is 30.0 Å². The number of fused-ring (bicyclic) bond motifs is 1. The zero-order valence-corrected chi connectivity index (χ0v) is 12.5. The molecule has 0 aliphatic carbocycles. The van der Waals surface area contributed by atoms with Crippen LogP contribution < -0.4 is 10.6 Å². The largest absolute Gasteiger partial charge is 0.326 e. The maximum atomic E-state index is 12.8. The fraction of sp³-hybridized carbons (Fsp3) is 0.222. The van der Waals surface area contributed by atoms with E-state index in [1.165, 1.54) is 24.3 Å². The summed E-state index contributed by atoms with van der Waals surface area (Å²) < 4.78 is 12.8. The van der Waals surface area contributed by atoms with E-state index >= 15 is 0 Å². The summed E-state index contributed by atoms with van der Waals surface area (Å²) in [5, 5.41) is 5.58. The molecule has 4 nitrogen and oxygen atoms in total. The molecule has 0 bridgehead atoms. The van der Waals surface area contributed by atoms with Gasteiger partial charge < -0.3 is 10.6 Å². The first kappa shape index (κ1) is 15.2. The van der Waals surface area contributed by atoms with Gasteiger partial charge >= 0.3 is 0 Å². The van der Waals surface area contributed by atoms with Crippen LogP contribution in [0.4, 0.5) is 15.8 Å². The van der Waals surface area contributed by atoms with Gasteiger partial charge in [0.2, 0.25) is 11.8 Å². The summed E-state index contributed by atoms with van der Waals surface area (Å²) in [5.41, 5.74) is 2.50. The first-order valence-corrected chi connectivity index (χ1v) is 7.56. The van der Waals surface area contributed by atoms with Crippen molar-refractivity contribution in [1.82, 2.24) is 0 Å². The highest BCUT2D eigenvalue weighted by atomic mass is 19.1. The van der Waals surface area contributed by atoms with Crippen LogP contribution >= 0.6 is 0 Å². The van der Waals surface area contributed by atoms with E-state index in [4.69, 9.17) is 0 Å². The van der Waals surface area contributed by atoms with Gasteiger partial charge in [0, 0.05) is 23.7 Å². The van der Waals surface area contributed by atoms with Crippen molar-refractivity contribution in [3.8, 4) is 0 Å². The number of benzene rings is 2. The Balaban J connectivity index is 1.55. The van der Waals surface area contributed by atoms with Crippen molar-refractivity contribution in [2.75, 3.05) is 10.6 Å². The zero-order valence-electron chi connectivity index (χ0n) is 12.5. The minimum absolute atomic E-state index is 0.0433. The molecule has 1 heterocycles. The quantitative estimate of drug-likeness (QED) is 0.909. The van der Waals surface area contributed by atoms with Gasteiger partial charge in [0.1, 0.15) is 5.82 Å². The maximum Gasteiger partial charge on any atom is 0.227 e. The van der Waals surface area contributed by atoms with Gasteiger partial charge in [0.05, 0.1) is 0 Å². The molecular weight excluding hydrogens is 295 g/mol. The van der Waals surface area contributed by atoms with E-state index in [0.29, 0.717) is 18.5 Å². The number of carbonyl (C=O) groups excluding carboxylic acids is 2. The van der Waals surface area contributed by atoms with Crippen LogP contribution in [-0.2, 0) is 16.0 Å². The topological polar surface area (TPSA) is 58.2 Å². The number of halogens is 1. The minimum Gasteiger partial charge on any atom is -0.326 e. The van der Waals surface area contributed by atoms with Gasteiger partial charge in [-0.25, -0.2) is 4.39 Å². The first-order chi connectivity index (χ1) is 11.1. The molecule has 1 unspecified atom stereocenters. The molecule has 1 atom stereocenters. The fourth-order valence-corrected chi connectivity index (χ4v) is 2.71. The second kappa shape index (κ2) is 6.60. The van der Waals surface area contributed by atoms with Crippen molar-refractivity contribution in [2.45, 2.75) is 19.3 Å². The van der Waals surface area contributed by atoms with Gasteiger partial charge in [-0.1, -0.05) is 18.2 Å². The Morgan fingerprint density at radius 2 is 1.91 bits per heavy atom. The second-order valence-electron chi connectivity index (χ2n) is 5.64. The van der Waals surface area contributed by atoms with Gasteiger partial charge in [-0.15, -0.1) is 0 Å². The molecule has 0 saturated carbocycles. The van der Waals surface area contributed by atoms with E-state index in [1.807, 2.05) is 24.3 Å². The highest BCUT2D eigenvalue weighted by Gasteiger charge is 2.26. The Kier molecular flexibility index (Phi) is 4.37. The fourth-order valence-electron chi connectivity index (χ4n) is 2.71. The number of carbonyl (C=O) groups is 2. The van der Waals surface area contributed by atoms with Crippen LogP contribution in [0.1, 0.15) is 18.4 Å².